The average Bonchev–Trinajstić information content (AvgIpc) is 3.10. The minimum atomic E-state index is 0.292. The van der Waals surface area contributed by atoms with E-state index in [1.54, 1.807) is 0 Å². The van der Waals surface area contributed by atoms with Crippen LogP contribution in [0.3, 0.4) is 0 Å². The predicted molar refractivity (Wildman–Crippen MR) is 73.1 cm³/mol. The summed E-state index contributed by atoms with van der Waals surface area (Å²) in [7, 11) is 0. The summed E-state index contributed by atoms with van der Waals surface area (Å²) in [6.45, 7) is 5.71. The molecule has 0 saturated carbocycles. The quantitative estimate of drug-likeness (QED) is 0.847. The number of H-pyrrole nitrogens is 1. The van der Waals surface area contributed by atoms with Crippen molar-refractivity contribution in [3.8, 4) is 0 Å². The summed E-state index contributed by atoms with van der Waals surface area (Å²) >= 11 is 0. The smallest absolute Gasteiger partial charge is 0.244 e. The van der Waals surface area contributed by atoms with E-state index >= 15 is 0 Å². The van der Waals surface area contributed by atoms with E-state index in [0.717, 1.165) is 57.3 Å². The number of piperidine rings is 1. The molecule has 106 valence electrons. The maximum atomic E-state index is 5.97. The Morgan fingerprint density at radius 1 is 1.37 bits per heavy atom. The molecule has 2 unspecified atom stereocenters. The Bertz CT molecular complexity index is 405. The van der Waals surface area contributed by atoms with Gasteiger partial charge in [0.05, 0.1) is 6.61 Å². The Morgan fingerprint density at radius 3 is 2.79 bits per heavy atom. The van der Waals surface area contributed by atoms with Crippen molar-refractivity contribution >= 4 is 5.95 Å². The lowest BCUT2D eigenvalue weighted by Gasteiger charge is -2.32. The molecule has 6 nitrogen and oxygen atoms in total. The number of aromatic amines is 1. The lowest BCUT2D eigenvalue weighted by atomic mass is 9.91. The number of hydrogen-bond acceptors (Lipinski definition) is 5. The van der Waals surface area contributed by atoms with Crippen LogP contribution in [-0.2, 0) is 4.74 Å². The summed E-state index contributed by atoms with van der Waals surface area (Å²) in [4.78, 5) is 6.89. The summed E-state index contributed by atoms with van der Waals surface area (Å²) in [5.41, 5.74) is 5.97. The van der Waals surface area contributed by atoms with Crippen LogP contribution in [0.4, 0.5) is 5.95 Å². The second-order valence-corrected chi connectivity index (χ2v) is 5.76. The highest BCUT2D eigenvalue weighted by atomic mass is 16.5. The minimum absolute atomic E-state index is 0.292. The molecular formula is C13H23N5O. The molecule has 1 aromatic rings. The van der Waals surface area contributed by atoms with E-state index in [9.17, 15) is 0 Å². The number of nitrogens with zero attached hydrogens (tertiary/aromatic N) is 3. The second-order valence-electron chi connectivity index (χ2n) is 5.76. The van der Waals surface area contributed by atoms with Gasteiger partial charge in [-0.25, -0.2) is 0 Å². The molecule has 0 spiro atoms. The zero-order chi connectivity index (χ0) is 13.2. The van der Waals surface area contributed by atoms with Crippen molar-refractivity contribution in [1.82, 2.24) is 15.2 Å². The van der Waals surface area contributed by atoms with Gasteiger partial charge in [0.15, 0.2) is 0 Å². The van der Waals surface area contributed by atoms with Gasteiger partial charge in [0.2, 0.25) is 5.95 Å². The number of ether oxygens (including phenoxy) is 1. The molecular weight excluding hydrogens is 242 g/mol. The monoisotopic (exact) mass is 265 g/mol. The van der Waals surface area contributed by atoms with Crippen molar-refractivity contribution < 1.29 is 4.74 Å². The van der Waals surface area contributed by atoms with Gasteiger partial charge in [-0.1, -0.05) is 0 Å². The van der Waals surface area contributed by atoms with Gasteiger partial charge in [-0.2, -0.15) is 4.98 Å². The van der Waals surface area contributed by atoms with Crippen LogP contribution in [0.2, 0.25) is 0 Å². The lowest BCUT2D eigenvalue weighted by Crippen LogP contribution is -2.40. The van der Waals surface area contributed by atoms with E-state index < -0.39 is 0 Å². The van der Waals surface area contributed by atoms with Crippen LogP contribution >= 0.6 is 0 Å². The molecule has 2 aliphatic rings. The minimum Gasteiger partial charge on any atom is -0.381 e. The number of anilines is 1. The molecule has 19 heavy (non-hydrogen) atoms. The first kappa shape index (κ1) is 12.9. The standard InChI is InChI=1S/C13H23N5O/c1-9(14)10-2-5-18(6-3-10)13-15-12(16-17-13)11-4-7-19-8-11/h9-11H,2-8,14H2,1H3,(H,15,16,17). The molecule has 1 aromatic heterocycles. The summed E-state index contributed by atoms with van der Waals surface area (Å²) in [6, 6.07) is 0.292. The molecule has 3 rings (SSSR count). The van der Waals surface area contributed by atoms with Gasteiger partial charge in [-0.05, 0) is 32.1 Å². The van der Waals surface area contributed by atoms with Crippen molar-refractivity contribution in [2.24, 2.45) is 11.7 Å². The van der Waals surface area contributed by atoms with Crippen LogP contribution in [0.15, 0.2) is 0 Å². The Kier molecular flexibility index (Phi) is 3.70. The Hall–Kier alpha value is -1.14. The maximum Gasteiger partial charge on any atom is 0.244 e. The summed E-state index contributed by atoms with van der Waals surface area (Å²) in [6.07, 6.45) is 3.31. The molecule has 3 N–H and O–H groups in total. The van der Waals surface area contributed by atoms with Crippen LogP contribution in [0.5, 0.6) is 0 Å². The molecule has 2 aliphatic heterocycles. The van der Waals surface area contributed by atoms with Crippen LogP contribution < -0.4 is 10.6 Å². The molecule has 0 bridgehead atoms. The Morgan fingerprint density at radius 2 is 2.16 bits per heavy atom. The molecule has 3 heterocycles. The third-order valence-electron chi connectivity index (χ3n) is 4.37. The first-order valence-corrected chi connectivity index (χ1v) is 7.24. The number of rotatable bonds is 3. The molecule has 0 radical (unpaired) electrons. The number of nitrogens with one attached hydrogen (secondary N) is 1. The zero-order valence-electron chi connectivity index (χ0n) is 11.5. The molecule has 2 atom stereocenters. The highest BCUT2D eigenvalue weighted by molar-refractivity contribution is 5.30. The lowest BCUT2D eigenvalue weighted by molar-refractivity contribution is 0.193. The van der Waals surface area contributed by atoms with Gasteiger partial charge in [-0.3, -0.25) is 5.10 Å². The molecule has 0 aromatic carbocycles. The summed E-state index contributed by atoms with van der Waals surface area (Å²) in [5.74, 6) is 2.84. The van der Waals surface area contributed by atoms with Gasteiger partial charge in [0.25, 0.3) is 0 Å². The van der Waals surface area contributed by atoms with E-state index in [1.807, 2.05) is 0 Å². The topological polar surface area (TPSA) is 80.1 Å². The fraction of sp³-hybridized carbons (Fsp3) is 0.846. The van der Waals surface area contributed by atoms with E-state index in [0.29, 0.717) is 17.9 Å². The largest absolute Gasteiger partial charge is 0.381 e. The van der Waals surface area contributed by atoms with Crippen molar-refractivity contribution in [2.75, 3.05) is 31.2 Å². The first-order chi connectivity index (χ1) is 9.24. The van der Waals surface area contributed by atoms with Crippen molar-refractivity contribution in [1.29, 1.82) is 0 Å². The van der Waals surface area contributed by atoms with Crippen LogP contribution in [0, 0.1) is 5.92 Å². The van der Waals surface area contributed by atoms with E-state index in [4.69, 9.17) is 10.5 Å². The zero-order valence-corrected chi connectivity index (χ0v) is 11.5. The highest BCUT2D eigenvalue weighted by Gasteiger charge is 2.26. The third kappa shape index (κ3) is 2.74. The first-order valence-electron chi connectivity index (χ1n) is 7.24. The third-order valence-corrected chi connectivity index (χ3v) is 4.37. The molecule has 2 fully saturated rings. The average molecular weight is 265 g/mol. The molecule has 0 amide bonds. The van der Waals surface area contributed by atoms with Crippen molar-refractivity contribution in [3.05, 3.63) is 5.82 Å². The van der Waals surface area contributed by atoms with Gasteiger partial charge >= 0.3 is 0 Å². The number of hydrogen-bond donors (Lipinski definition) is 2. The maximum absolute atomic E-state index is 5.97. The van der Waals surface area contributed by atoms with E-state index in [1.165, 1.54) is 0 Å². The number of nitrogens with two attached hydrogens (primary N) is 1. The normalized spacial score (nSPS) is 26.8. The molecule has 0 aliphatic carbocycles. The van der Waals surface area contributed by atoms with Gasteiger partial charge in [-0.15, -0.1) is 5.10 Å². The van der Waals surface area contributed by atoms with Gasteiger partial charge in [0, 0.05) is 31.7 Å². The summed E-state index contributed by atoms with van der Waals surface area (Å²) in [5, 5.41) is 7.43. The fourth-order valence-electron chi connectivity index (χ4n) is 2.96. The van der Waals surface area contributed by atoms with Gasteiger partial charge < -0.3 is 15.4 Å². The van der Waals surface area contributed by atoms with Crippen molar-refractivity contribution in [2.45, 2.75) is 38.1 Å². The predicted octanol–water partition coefficient (Wildman–Crippen LogP) is 0.872. The van der Waals surface area contributed by atoms with Gasteiger partial charge in [0.1, 0.15) is 5.82 Å². The van der Waals surface area contributed by atoms with Crippen LogP contribution in [-0.4, -0.2) is 47.5 Å². The molecule has 6 heteroatoms. The highest BCUT2D eigenvalue weighted by Crippen LogP contribution is 2.26. The number of aromatic nitrogens is 3. The fourth-order valence-corrected chi connectivity index (χ4v) is 2.96. The summed E-state index contributed by atoms with van der Waals surface area (Å²) < 4.78 is 5.39. The van der Waals surface area contributed by atoms with E-state index in [2.05, 4.69) is 27.0 Å². The Labute approximate surface area is 113 Å². The second kappa shape index (κ2) is 5.46. The van der Waals surface area contributed by atoms with Crippen molar-refractivity contribution in [3.63, 3.8) is 0 Å². The Balaban J connectivity index is 1.61. The van der Waals surface area contributed by atoms with Crippen LogP contribution in [0.1, 0.15) is 37.9 Å². The SMILES string of the molecule is CC(N)C1CCN(c2n[nH]c(C3CCOC3)n2)CC1. The van der Waals surface area contributed by atoms with Crippen LogP contribution in [0.25, 0.3) is 0 Å². The molecule has 2 saturated heterocycles. The van der Waals surface area contributed by atoms with E-state index in [-0.39, 0.29) is 0 Å².